The third-order valence-electron chi connectivity index (χ3n) is 3.81. The molecule has 0 aliphatic carbocycles. The van der Waals surface area contributed by atoms with Crippen LogP contribution in [-0.4, -0.2) is 34.3 Å². The molecule has 2 N–H and O–H groups in total. The van der Waals surface area contributed by atoms with Gasteiger partial charge in [-0.05, 0) is 49.4 Å². The molecule has 0 spiro atoms. The van der Waals surface area contributed by atoms with E-state index in [1.54, 1.807) is 0 Å². The quantitative estimate of drug-likeness (QED) is 0.566. The van der Waals surface area contributed by atoms with Crippen LogP contribution in [0.2, 0.25) is 5.15 Å². The van der Waals surface area contributed by atoms with Crippen molar-refractivity contribution in [3.8, 4) is 0 Å². The molecule has 0 bridgehead atoms. The Balaban J connectivity index is 1.68. The zero-order valence-corrected chi connectivity index (χ0v) is 17.3. The lowest BCUT2D eigenvalue weighted by molar-refractivity contribution is -0.144. The molecule has 2 aromatic heterocycles. The highest BCUT2D eigenvalue weighted by molar-refractivity contribution is 7.92. The summed E-state index contributed by atoms with van der Waals surface area (Å²) >= 11 is 5.60. The number of alkyl halides is 3. The molecule has 2 heterocycles. The summed E-state index contributed by atoms with van der Waals surface area (Å²) < 4.78 is 66.5. The number of amides is 1. The lowest BCUT2D eigenvalue weighted by Gasteiger charge is -2.11. The Morgan fingerprint density at radius 3 is 2.39 bits per heavy atom. The van der Waals surface area contributed by atoms with Crippen LogP contribution in [0, 0.1) is 6.92 Å². The van der Waals surface area contributed by atoms with Crippen molar-refractivity contribution in [1.29, 1.82) is 0 Å². The van der Waals surface area contributed by atoms with Gasteiger partial charge in [-0.3, -0.25) is 14.2 Å². The fourth-order valence-electron chi connectivity index (χ4n) is 2.52. The second-order valence-corrected chi connectivity index (χ2v) is 8.32. The zero-order valence-electron chi connectivity index (χ0n) is 15.7. The van der Waals surface area contributed by atoms with Gasteiger partial charge in [-0.1, -0.05) is 11.6 Å². The third kappa shape index (κ3) is 5.70. The minimum Gasteiger partial charge on any atom is -0.324 e. The predicted molar refractivity (Wildman–Crippen MR) is 105 cm³/mol. The highest BCUT2D eigenvalue weighted by Crippen LogP contribution is 2.29. The number of nitrogens with one attached hydrogen (secondary N) is 2. The monoisotopic (exact) mass is 474 g/mol. The Morgan fingerprint density at radius 1 is 1.13 bits per heavy atom. The van der Waals surface area contributed by atoms with E-state index in [1.807, 2.05) is 0 Å². The molecule has 3 rings (SSSR count). The van der Waals surface area contributed by atoms with Crippen LogP contribution in [0.15, 0.2) is 47.4 Å². The first-order chi connectivity index (χ1) is 14.4. The molecule has 3 aromatic rings. The molecule has 14 heteroatoms. The molecule has 0 unspecified atom stereocenters. The Labute approximate surface area is 179 Å². The van der Waals surface area contributed by atoms with E-state index in [4.69, 9.17) is 11.6 Å². The number of hydrogen-bond donors (Lipinski definition) is 2. The second kappa shape index (κ2) is 8.51. The van der Waals surface area contributed by atoms with Crippen molar-refractivity contribution < 1.29 is 26.4 Å². The van der Waals surface area contributed by atoms with Crippen LogP contribution in [-0.2, 0) is 27.5 Å². The summed E-state index contributed by atoms with van der Waals surface area (Å²) in [5, 5.41) is 13.3. The summed E-state index contributed by atoms with van der Waals surface area (Å²) in [6.45, 7) is 0.714. The van der Waals surface area contributed by atoms with Gasteiger partial charge in [0, 0.05) is 5.69 Å². The predicted octanol–water partition coefficient (Wildman–Crippen LogP) is 3.09. The first-order valence-corrected chi connectivity index (χ1v) is 10.3. The Hall–Kier alpha value is -3.19. The van der Waals surface area contributed by atoms with E-state index in [0.717, 1.165) is 6.07 Å². The molecule has 0 aliphatic rings. The van der Waals surface area contributed by atoms with Gasteiger partial charge in [0.1, 0.15) is 12.2 Å². The summed E-state index contributed by atoms with van der Waals surface area (Å²) in [5.74, 6) is -0.810. The lowest BCUT2D eigenvalue weighted by Crippen LogP contribution is -2.23. The van der Waals surface area contributed by atoms with Gasteiger partial charge in [-0.2, -0.15) is 18.3 Å². The van der Waals surface area contributed by atoms with Crippen molar-refractivity contribution in [2.45, 2.75) is 24.5 Å². The van der Waals surface area contributed by atoms with E-state index >= 15 is 0 Å². The highest BCUT2D eigenvalue weighted by atomic mass is 35.5. The fourth-order valence-corrected chi connectivity index (χ4v) is 3.61. The molecule has 164 valence electrons. The summed E-state index contributed by atoms with van der Waals surface area (Å²) in [6.07, 6.45) is -4.65. The summed E-state index contributed by atoms with van der Waals surface area (Å²) in [5.41, 5.74) is -0.738. The van der Waals surface area contributed by atoms with E-state index in [-0.39, 0.29) is 27.2 Å². The number of rotatable bonds is 6. The van der Waals surface area contributed by atoms with Crippen molar-refractivity contribution in [2.75, 3.05) is 10.0 Å². The van der Waals surface area contributed by atoms with Crippen molar-refractivity contribution in [3.63, 3.8) is 0 Å². The van der Waals surface area contributed by atoms with Gasteiger partial charge in [0.25, 0.3) is 10.0 Å². The van der Waals surface area contributed by atoms with Gasteiger partial charge in [-0.15, -0.1) is 10.2 Å². The number of aryl methyl sites for hydroxylation is 1. The van der Waals surface area contributed by atoms with Gasteiger partial charge in [0.2, 0.25) is 5.91 Å². The molecule has 31 heavy (non-hydrogen) atoms. The summed E-state index contributed by atoms with van der Waals surface area (Å²) in [6, 6.07) is 8.52. The highest BCUT2D eigenvalue weighted by Gasteiger charge is 2.35. The normalized spacial score (nSPS) is 11.9. The van der Waals surface area contributed by atoms with Crippen LogP contribution in [0.4, 0.5) is 24.7 Å². The van der Waals surface area contributed by atoms with Crippen LogP contribution in [0.25, 0.3) is 0 Å². The van der Waals surface area contributed by atoms with Crippen LogP contribution in [0.3, 0.4) is 0 Å². The maximum absolute atomic E-state index is 13.0. The lowest BCUT2D eigenvalue weighted by atomic mass is 10.3. The number of halogens is 4. The SMILES string of the molecule is Cc1cc(C(F)(F)F)n(CC(=O)Nc2ccc(S(=O)(=O)Nc3ccc(Cl)nn3)cc2)n1. The number of hydrogen-bond acceptors (Lipinski definition) is 6. The number of anilines is 2. The third-order valence-corrected chi connectivity index (χ3v) is 5.38. The van der Waals surface area contributed by atoms with E-state index < -0.39 is 34.3 Å². The second-order valence-electron chi connectivity index (χ2n) is 6.25. The molecule has 0 fully saturated rings. The largest absolute Gasteiger partial charge is 0.433 e. The molecule has 0 saturated heterocycles. The maximum Gasteiger partial charge on any atom is 0.433 e. The van der Waals surface area contributed by atoms with Gasteiger partial charge in [0.05, 0.1) is 10.6 Å². The Bertz CT molecular complexity index is 1200. The van der Waals surface area contributed by atoms with Crippen LogP contribution < -0.4 is 10.0 Å². The number of nitrogens with zero attached hydrogens (tertiary/aromatic N) is 4. The Kier molecular flexibility index (Phi) is 6.18. The van der Waals surface area contributed by atoms with Crippen molar-refractivity contribution in [1.82, 2.24) is 20.0 Å². The summed E-state index contributed by atoms with van der Waals surface area (Å²) in [7, 11) is -3.99. The minimum atomic E-state index is -4.65. The molecule has 0 aliphatic heterocycles. The molecular weight excluding hydrogens is 461 g/mol. The number of benzene rings is 1. The average Bonchev–Trinajstić information content (AvgIpc) is 3.04. The summed E-state index contributed by atoms with van der Waals surface area (Å²) in [4.78, 5) is 12.0. The van der Waals surface area contributed by atoms with E-state index in [0.29, 0.717) is 4.68 Å². The molecule has 1 amide bonds. The van der Waals surface area contributed by atoms with Crippen LogP contribution >= 0.6 is 11.6 Å². The Morgan fingerprint density at radius 2 is 1.81 bits per heavy atom. The molecule has 0 atom stereocenters. The van der Waals surface area contributed by atoms with Crippen LogP contribution in [0.5, 0.6) is 0 Å². The number of sulfonamides is 1. The number of aromatic nitrogens is 4. The first kappa shape index (κ1) is 22.5. The van der Waals surface area contributed by atoms with E-state index in [2.05, 4.69) is 25.3 Å². The standard InChI is InChI=1S/C17H14ClF3N6O3S/c1-10-8-13(17(19,20)21)27(25-10)9-16(28)22-11-2-4-12(5-3-11)31(29,30)26-15-7-6-14(18)23-24-15/h2-8H,9H2,1H3,(H,22,28)(H,24,26). The van der Waals surface area contributed by atoms with Gasteiger partial charge in [-0.25, -0.2) is 8.42 Å². The van der Waals surface area contributed by atoms with Crippen molar-refractivity contribution in [2.24, 2.45) is 0 Å². The molecule has 0 saturated carbocycles. The van der Waals surface area contributed by atoms with E-state index in [1.165, 1.54) is 43.3 Å². The first-order valence-electron chi connectivity index (χ1n) is 8.48. The van der Waals surface area contributed by atoms with Gasteiger partial charge in [0.15, 0.2) is 11.0 Å². The van der Waals surface area contributed by atoms with E-state index in [9.17, 15) is 26.4 Å². The van der Waals surface area contributed by atoms with Gasteiger partial charge >= 0.3 is 6.18 Å². The number of carbonyl (C=O) groups is 1. The zero-order chi connectivity index (χ0) is 22.8. The van der Waals surface area contributed by atoms with Crippen molar-refractivity contribution in [3.05, 3.63) is 59.0 Å². The van der Waals surface area contributed by atoms with Crippen LogP contribution in [0.1, 0.15) is 11.4 Å². The topological polar surface area (TPSA) is 119 Å². The minimum absolute atomic E-state index is 0.0447. The molecule has 1 aromatic carbocycles. The molecule has 0 radical (unpaired) electrons. The average molecular weight is 475 g/mol. The van der Waals surface area contributed by atoms with Crippen molar-refractivity contribution >= 4 is 39.0 Å². The number of carbonyl (C=O) groups excluding carboxylic acids is 1. The molecule has 9 nitrogen and oxygen atoms in total. The maximum atomic E-state index is 13.0. The molecular formula is C17H14ClF3N6O3S. The fraction of sp³-hybridized carbons (Fsp3) is 0.176. The smallest absolute Gasteiger partial charge is 0.324 e. The van der Waals surface area contributed by atoms with Gasteiger partial charge < -0.3 is 5.32 Å².